The molecule has 0 aromatic rings. The van der Waals surface area contributed by atoms with Crippen LogP contribution >= 0.6 is 11.8 Å². The standard InChI is InChI=1S/C11H18N2O2S/c1-2-9-11(15)12-6-10(14)13(9)8-4-3-5-16-7-8/h8-9H,2-7H2,1H3,(H,12,15). The van der Waals surface area contributed by atoms with Gasteiger partial charge >= 0.3 is 0 Å². The molecular formula is C11H18N2O2S. The number of carbonyl (C=O) groups excluding carboxylic acids is 2. The number of rotatable bonds is 2. The molecule has 0 saturated carbocycles. The summed E-state index contributed by atoms with van der Waals surface area (Å²) in [6.45, 7) is 2.14. The fraction of sp³-hybridized carbons (Fsp3) is 0.818. The van der Waals surface area contributed by atoms with Gasteiger partial charge in [-0.25, -0.2) is 0 Å². The minimum Gasteiger partial charge on any atom is -0.345 e. The second kappa shape index (κ2) is 5.08. The number of hydrogen-bond acceptors (Lipinski definition) is 3. The van der Waals surface area contributed by atoms with E-state index in [9.17, 15) is 9.59 Å². The first-order valence-electron chi connectivity index (χ1n) is 5.90. The molecule has 16 heavy (non-hydrogen) atoms. The molecule has 0 radical (unpaired) electrons. The molecule has 2 amide bonds. The maximum atomic E-state index is 11.9. The summed E-state index contributed by atoms with van der Waals surface area (Å²) in [5.74, 6) is 2.26. The molecule has 4 nitrogen and oxygen atoms in total. The van der Waals surface area contributed by atoms with Gasteiger partial charge < -0.3 is 10.2 Å². The van der Waals surface area contributed by atoms with Crippen molar-refractivity contribution in [2.24, 2.45) is 0 Å². The Morgan fingerprint density at radius 3 is 2.94 bits per heavy atom. The lowest BCUT2D eigenvalue weighted by atomic mass is 10.0. The first kappa shape index (κ1) is 11.8. The van der Waals surface area contributed by atoms with Crippen LogP contribution in [0.15, 0.2) is 0 Å². The van der Waals surface area contributed by atoms with Gasteiger partial charge in [0.1, 0.15) is 6.04 Å². The molecule has 0 spiro atoms. The van der Waals surface area contributed by atoms with Crippen molar-refractivity contribution in [1.82, 2.24) is 10.2 Å². The zero-order valence-corrected chi connectivity index (χ0v) is 10.4. The SMILES string of the molecule is CCC1C(=O)NCC(=O)N1C1CCCSC1. The van der Waals surface area contributed by atoms with Crippen molar-refractivity contribution in [3.8, 4) is 0 Å². The van der Waals surface area contributed by atoms with Crippen LogP contribution in [0.5, 0.6) is 0 Å². The number of nitrogens with one attached hydrogen (secondary N) is 1. The van der Waals surface area contributed by atoms with Crippen molar-refractivity contribution in [2.45, 2.75) is 38.3 Å². The molecule has 1 N–H and O–H groups in total. The molecule has 0 aromatic carbocycles. The van der Waals surface area contributed by atoms with Gasteiger partial charge in [-0.1, -0.05) is 6.92 Å². The Hall–Kier alpha value is -0.710. The van der Waals surface area contributed by atoms with Crippen LogP contribution in [0.3, 0.4) is 0 Å². The Kier molecular flexibility index (Phi) is 3.74. The van der Waals surface area contributed by atoms with Crippen LogP contribution in [0.4, 0.5) is 0 Å². The van der Waals surface area contributed by atoms with Crippen molar-refractivity contribution in [3.63, 3.8) is 0 Å². The Morgan fingerprint density at radius 2 is 2.31 bits per heavy atom. The first-order chi connectivity index (χ1) is 7.74. The van der Waals surface area contributed by atoms with Gasteiger partial charge in [-0.2, -0.15) is 11.8 Å². The van der Waals surface area contributed by atoms with Gasteiger partial charge in [0.15, 0.2) is 0 Å². The van der Waals surface area contributed by atoms with E-state index >= 15 is 0 Å². The molecule has 5 heteroatoms. The Morgan fingerprint density at radius 1 is 1.50 bits per heavy atom. The summed E-state index contributed by atoms with van der Waals surface area (Å²) >= 11 is 1.89. The Bertz CT molecular complexity index is 290. The molecule has 2 saturated heterocycles. The molecule has 2 aliphatic heterocycles. The van der Waals surface area contributed by atoms with Crippen molar-refractivity contribution >= 4 is 23.6 Å². The van der Waals surface area contributed by atoms with Crippen LogP contribution in [0.2, 0.25) is 0 Å². The first-order valence-corrected chi connectivity index (χ1v) is 7.06. The quantitative estimate of drug-likeness (QED) is 0.772. The largest absolute Gasteiger partial charge is 0.345 e. The molecule has 2 unspecified atom stereocenters. The Labute approximate surface area is 100 Å². The monoisotopic (exact) mass is 242 g/mol. The van der Waals surface area contributed by atoms with E-state index in [2.05, 4.69) is 5.32 Å². The number of hydrogen-bond donors (Lipinski definition) is 1. The number of piperazine rings is 1. The van der Waals surface area contributed by atoms with Gasteiger partial charge in [-0.15, -0.1) is 0 Å². The lowest BCUT2D eigenvalue weighted by molar-refractivity contribution is -0.148. The molecule has 2 aliphatic rings. The predicted octanol–water partition coefficient (Wildman–Crippen LogP) is 0.619. The summed E-state index contributed by atoms with van der Waals surface area (Å²) in [4.78, 5) is 25.5. The highest BCUT2D eigenvalue weighted by Crippen LogP contribution is 2.25. The zero-order valence-electron chi connectivity index (χ0n) is 9.57. The van der Waals surface area contributed by atoms with Gasteiger partial charge in [-0.3, -0.25) is 9.59 Å². The van der Waals surface area contributed by atoms with Gasteiger partial charge in [0, 0.05) is 11.8 Å². The van der Waals surface area contributed by atoms with Gasteiger partial charge in [-0.05, 0) is 25.0 Å². The van der Waals surface area contributed by atoms with Crippen LogP contribution in [0.1, 0.15) is 26.2 Å². The third kappa shape index (κ3) is 2.19. The number of carbonyl (C=O) groups is 2. The summed E-state index contributed by atoms with van der Waals surface area (Å²) in [6, 6.07) is 0.0206. The molecular weight excluding hydrogens is 224 g/mol. The lowest BCUT2D eigenvalue weighted by Gasteiger charge is -2.41. The minimum absolute atomic E-state index is 0.0117. The minimum atomic E-state index is -0.245. The van der Waals surface area contributed by atoms with E-state index in [0.29, 0.717) is 6.42 Å². The highest BCUT2D eigenvalue weighted by molar-refractivity contribution is 7.99. The van der Waals surface area contributed by atoms with Crippen LogP contribution in [-0.4, -0.2) is 46.8 Å². The van der Waals surface area contributed by atoms with E-state index in [4.69, 9.17) is 0 Å². The lowest BCUT2D eigenvalue weighted by Crippen LogP contribution is -2.62. The number of amides is 2. The zero-order chi connectivity index (χ0) is 11.5. The summed E-state index contributed by atoms with van der Waals surface area (Å²) in [6.07, 6.45) is 2.90. The van der Waals surface area contributed by atoms with E-state index in [1.807, 2.05) is 23.6 Å². The molecule has 90 valence electrons. The number of nitrogens with zero attached hydrogens (tertiary/aromatic N) is 1. The average Bonchev–Trinajstić information content (AvgIpc) is 2.33. The van der Waals surface area contributed by atoms with Crippen molar-refractivity contribution in [3.05, 3.63) is 0 Å². The smallest absolute Gasteiger partial charge is 0.243 e. The molecule has 2 heterocycles. The summed E-state index contributed by atoms with van der Waals surface area (Å²) in [7, 11) is 0. The van der Waals surface area contributed by atoms with Crippen molar-refractivity contribution < 1.29 is 9.59 Å². The van der Waals surface area contributed by atoms with E-state index < -0.39 is 0 Å². The maximum Gasteiger partial charge on any atom is 0.243 e. The van der Waals surface area contributed by atoms with Gasteiger partial charge in [0.2, 0.25) is 11.8 Å². The molecule has 2 rings (SSSR count). The van der Waals surface area contributed by atoms with E-state index in [0.717, 1.165) is 18.6 Å². The van der Waals surface area contributed by atoms with E-state index in [1.165, 1.54) is 5.75 Å². The average molecular weight is 242 g/mol. The Balaban J connectivity index is 2.13. The third-order valence-electron chi connectivity index (χ3n) is 3.26. The molecule has 0 bridgehead atoms. The molecule has 2 fully saturated rings. The van der Waals surface area contributed by atoms with E-state index in [1.54, 1.807) is 0 Å². The summed E-state index contributed by atoms with van der Waals surface area (Å²) in [5.41, 5.74) is 0. The van der Waals surface area contributed by atoms with Crippen LogP contribution in [0.25, 0.3) is 0 Å². The molecule has 0 aromatic heterocycles. The predicted molar refractivity (Wildman–Crippen MR) is 64.3 cm³/mol. The van der Waals surface area contributed by atoms with Crippen molar-refractivity contribution in [2.75, 3.05) is 18.1 Å². The number of thioether (sulfide) groups is 1. The second-order valence-electron chi connectivity index (χ2n) is 4.31. The highest BCUT2D eigenvalue weighted by atomic mass is 32.2. The molecule has 2 atom stereocenters. The van der Waals surface area contributed by atoms with Crippen LogP contribution in [-0.2, 0) is 9.59 Å². The topological polar surface area (TPSA) is 49.4 Å². The van der Waals surface area contributed by atoms with Crippen molar-refractivity contribution in [1.29, 1.82) is 0 Å². The van der Waals surface area contributed by atoms with Crippen LogP contribution < -0.4 is 5.32 Å². The van der Waals surface area contributed by atoms with Crippen LogP contribution in [0, 0.1) is 0 Å². The molecule has 0 aliphatic carbocycles. The summed E-state index contributed by atoms with van der Waals surface area (Å²) in [5, 5.41) is 2.66. The van der Waals surface area contributed by atoms with Gasteiger partial charge in [0.25, 0.3) is 0 Å². The fourth-order valence-corrected chi connectivity index (χ4v) is 3.59. The third-order valence-corrected chi connectivity index (χ3v) is 4.45. The maximum absolute atomic E-state index is 11.9. The summed E-state index contributed by atoms with van der Waals surface area (Å²) < 4.78 is 0. The highest BCUT2D eigenvalue weighted by Gasteiger charge is 2.37. The normalized spacial score (nSPS) is 31.4. The second-order valence-corrected chi connectivity index (χ2v) is 5.46. The van der Waals surface area contributed by atoms with E-state index in [-0.39, 0.29) is 30.4 Å². The van der Waals surface area contributed by atoms with Gasteiger partial charge in [0.05, 0.1) is 6.54 Å². The fourth-order valence-electron chi connectivity index (χ4n) is 2.46.